The number of hydrogen-bond donors (Lipinski definition) is 2. The summed E-state index contributed by atoms with van der Waals surface area (Å²) in [6.07, 6.45) is 0. The maximum atomic E-state index is 13.0. The van der Waals surface area contributed by atoms with Crippen LogP contribution in [0.5, 0.6) is 5.75 Å². The van der Waals surface area contributed by atoms with Gasteiger partial charge in [0.05, 0.1) is 10.0 Å². The van der Waals surface area contributed by atoms with Gasteiger partial charge in [-0.3, -0.25) is 0 Å². The molecule has 0 aliphatic rings. The monoisotopic (exact) mass is 223 g/mol. The summed E-state index contributed by atoms with van der Waals surface area (Å²) in [5.74, 6) is -0.808. The summed E-state index contributed by atoms with van der Waals surface area (Å²) in [6, 6.07) is 0.985. The topological polar surface area (TPSA) is 32.3 Å². The van der Waals surface area contributed by atoms with Crippen molar-refractivity contribution in [3.8, 4) is 5.75 Å². The molecule has 0 unspecified atom stereocenters. The van der Waals surface area contributed by atoms with Gasteiger partial charge >= 0.3 is 0 Å². The van der Waals surface area contributed by atoms with E-state index in [9.17, 15) is 9.50 Å². The molecule has 0 bridgehead atoms. The first-order valence-electron chi connectivity index (χ1n) is 3.58. The van der Waals surface area contributed by atoms with Crippen LogP contribution in [0.2, 0.25) is 10.0 Å². The van der Waals surface area contributed by atoms with Crippen molar-refractivity contribution < 1.29 is 9.50 Å². The van der Waals surface area contributed by atoms with E-state index in [0.717, 1.165) is 6.07 Å². The summed E-state index contributed by atoms with van der Waals surface area (Å²) in [6.45, 7) is 0.266. The van der Waals surface area contributed by atoms with Crippen molar-refractivity contribution >= 4 is 23.2 Å². The fourth-order valence-electron chi connectivity index (χ4n) is 0.973. The first-order valence-corrected chi connectivity index (χ1v) is 4.33. The van der Waals surface area contributed by atoms with E-state index in [2.05, 4.69) is 5.32 Å². The number of aromatic hydroxyl groups is 1. The molecular weight excluding hydrogens is 216 g/mol. The van der Waals surface area contributed by atoms with Crippen LogP contribution >= 0.6 is 23.2 Å². The van der Waals surface area contributed by atoms with Crippen molar-refractivity contribution in [2.75, 3.05) is 7.05 Å². The summed E-state index contributed by atoms with van der Waals surface area (Å²) in [5.41, 5.74) is 0.272. The highest BCUT2D eigenvalue weighted by molar-refractivity contribution is 6.35. The molecule has 0 aliphatic carbocycles. The summed E-state index contributed by atoms with van der Waals surface area (Å²) >= 11 is 11.2. The Morgan fingerprint density at radius 1 is 1.54 bits per heavy atom. The highest BCUT2D eigenvalue weighted by Crippen LogP contribution is 2.34. The van der Waals surface area contributed by atoms with Gasteiger partial charge in [0.15, 0.2) is 0 Å². The van der Waals surface area contributed by atoms with Crippen LogP contribution in [-0.4, -0.2) is 12.2 Å². The minimum absolute atomic E-state index is 0.0350. The second kappa shape index (κ2) is 4.13. The average Bonchev–Trinajstić information content (AvgIpc) is 2.09. The third-order valence-corrected chi connectivity index (χ3v) is 2.29. The molecule has 72 valence electrons. The smallest absolute Gasteiger partial charge is 0.143 e. The molecule has 2 nitrogen and oxygen atoms in total. The second-order valence-electron chi connectivity index (χ2n) is 2.51. The van der Waals surface area contributed by atoms with Gasteiger partial charge in [0.1, 0.15) is 11.6 Å². The number of nitrogens with one attached hydrogen (secondary N) is 1. The zero-order chi connectivity index (χ0) is 10.0. The van der Waals surface area contributed by atoms with Gasteiger partial charge in [0.25, 0.3) is 0 Å². The van der Waals surface area contributed by atoms with E-state index in [1.54, 1.807) is 7.05 Å². The first-order chi connectivity index (χ1) is 6.07. The Bertz CT molecular complexity index is 304. The fourth-order valence-corrected chi connectivity index (χ4v) is 1.39. The quantitative estimate of drug-likeness (QED) is 0.756. The lowest BCUT2D eigenvalue weighted by molar-refractivity contribution is 0.463. The van der Waals surface area contributed by atoms with Crippen LogP contribution in [-0.2, 0) is 6.54 Å². The van der Waals surface area contributed by atoms with Gasteiger partial charge < -0.3 is 10.4 Å². The molecule has 1 rings (SSSR count). The largest absolute Gasteiger partial charge is 0.506 e. The van der Waals surface area contributed by atoms with Gasteiger partial charge in [0.2, 0.25) is 0 Å². The van der Waals surface area contributed by atoms with Gasteiger partial charge in [-0.15, -0.1) is 0 Å². The molecule has 0 fully saturated rings. The number of benzene rings is 1. The molecule has 0 radical (unpaired) electrons. The van der Waals surface area contributed by atoms with Crippen molar-refractivity contribution in [3.05, 3.63) is 27.5 Å². The van der Waals surface area contributed by atoms with Crippen LogP contribution in [0, 0.1) is 5.82 Å². The molecule has 5 heteroatoms. The third-order valence-electron chi connectivity index (χ3n) is 1.59. The molecule has 0 amide bonds. The number of rotatable bonds is 2. The van der Waals surface area contributed by atoms with Crippen LogP contribution in [0.3, 0.4) is 0 Å². The van der Waals surface area contributed by atoms with Crippen LogP contribution in [0.25, 0.3) is 0 Å². The van der Waals surface area contributed by atoms with Crippen molar-refractivity contribution in [1.29, 1.82) is 0 Å². The molecule has 1 aromatic carbocycles. The maximum Gasteiger partial charge on any atom is 0.143 e. The van der Waals surface area contributed by atoms with Crippen molar-refractivity contribution in [2.45, 2.75) is 6.54 Å². The lowest BCUT2D eigenvalue weighted by Crippen LogP contribution is -2.06. The van der Waals surface area contributed by atoms with E-state index >= 15 is 0 Å². The number of halogens is 3. The first kappa shape index (κ1) is 10.6. The molecule has 0 atom stereocenters. The van der Waals surface area contributed by atoms with Crippen LogP contribution in [0.1, 0.15) is 5.56 Å². The van der Waals surface area contributed by atoms with Gasteiger partial charge in [0, 0.05) is 12.1 Å². The summed E-state index contributed by atoms with van der Waals surface area (Å²) in [7, 11) is 1.66. The highest BCUT2D eigenvalue weighted by Gasteiger charge is 2.14. The number of phenolic OH excluding ortho intramolecular Hbond substituents is 1. The van der Waals surface area contributed by atoms with Crippen LogP contribution in [0.15, 0.2) is 6.07 Å². The molecule has 13 heavy (non-hydrogen) atoms. The van der Waals surface area contributed by atoms with Crippen molar-refractivity contribution in [2.24, 2.45) is 0 Å². The molecule has 0 heterocycles. The highest BCUT2D eigenvalue weighted by atomic mass is 35.5. The summed E-state index contributed by atoms with van der Waals surface area (Å²) < 4.78 is 13.0. The lowest BCUT2D eigenvalue weighted by Gasteiger charge is -2.08. The van der Waals surface area contributed by atoms with Gasteiger partial charge in [-0.1, -0.05) is 23.2 Å². The van der Waals surface area contributed by atoms with E-state index in [-0.39, 0.29) is 27.9 Å². The lowest BCUT2D eigenvalue weighted by atomic mass is 10.2. The van der Waals surface area contributed by atoms with Gasteiger partial charge in [-0.05, 0) is 13.1 Å². The SMILES string of the molecule is CNCc1c(O)c(Cl)cc(F)c1Cl. The Morgan fingerprint density at radius 3 is 2.69 bits per heavy atom. The van der Waals surface area contributed by atoms with E-state index in [1.807, 2.05) is 0 Å². The third kappa shape index (κ3) is 2.05. The van der Waals surface area contributed by atoms with Gasteiger partial charge in [-0.25, -0.2) is 4.39 Å². The zero-order valence-electron chi connectivity index (χ0n) is 6.87. The normalized spacial score (nSPS) is 10.5. The molecule has 2 N–H and O–H groups in total. The predicted octanol–water partition coefficient (Wildman–Crippen LogP) is 2.56. The zero-order valence-corrected chi connectivity index (χ0v) is 8.38. The van der Waals surface area contributed by atoms with E-state index in [1.165, 1.54) is 0 Å². The van der Waals surface area contributed by atoms with E-state index < -0.39 is 5.82 Å². The Kier molecular flexibility index (Phi) is 3.36. The Balaban J connectivity index is 3.28. The average molecular weight is 224 g/mol. The molecule has 0 aliphatic heterocycles. The molecule has 0 spiro atoms. The minimum atomic E-state index is -0.630. The molecule has 0 aromatic heterocycles. The fraction of sp³-hybridized carbons (Fsp3) is 0.250. The number of phenols is 1. The second-order valence-corrected chi connectivity index (χ2v) is 3.30. The minimum Gasteiger partial charge on any atom is -0.506 e. The van der Waals surface area contributed by atoms with Gasteiger partial charge in [-0.2, -0.15) is 0 Å². The van der Waals surface area contributed by atoms with Crippen molar-refractivity contribution in [1.82, 2.24) is 5.32 Å². The maximum absolute atomic E-state index is 13.0. The standard InChI is InChI=1S/C8H8Cl2FNO/c1-12-3-4-7(10)6(11)2-5(9)8(4)13/h2,12-13H,3H2,1H3. The van der Waals surface area contributed by atoms with Crippen LogP contribution in [0.4, 0.5) is 4.39 Å². The Morgan fingerprint density at radius 2 is 2.15 bits per heavy atom. The predicted molar refractivity (Wildman–Crippen MR) is 50.8 cm³/mol. The van der Waals surface area contributed by atoms with Crippen LogP contribution < -0.4 is 5.32 Å². The molecule has 1 aromatic rings. The Hall–Kier alpha value is -0.510. The number of hydrogen-bond acceptors (Lipinski definition) is 2. The molecule has 0 saturated carbocycles. The van der Waals surface area contributed by atoms with E-state index in [4.69, 9.17) is 23.2 Å². The Labute approximate surface area is 85.3 Å². The van der Waals surface area contributed by atoms with Crippen molar-refractivity contribution in [3.63, 3.8) is 0 Å². The van der Waals surface area contributed by atoms with E-state index in [0.29, 0.717) is 0 Å². The summed E-state index contributed by atoms with van der Waals surface area (Å²) in [4.78, 5) is 0. The summed E-state index contributed by atoms with van der Waals surface area (Å²) in [5, 5.41) is 12.0. The molecular formula is C8H8Cl2FNO. The molecule has 0 saturated heterocycles.